The van der Waals surface area contributed by atoms with Crippen LogP contribution in [0.5, 0.6) is 0 Å². The van der Waals surface area contributed by atoms with E-state index in [4.69, 9.17) is 0 Å². The van der Waals surface area contributed by atoms with E-state index < -0.39 is 6.04 Å². The zero-order valence-electron chi connectivity index (χ0n) is 16.2. The van der Waals surface area contributed by atoms with Gasteiger partial charge in [-0.3, -0.25) is 9.59 Å². The number of amides is 1. The normalized spacial score (nSPS) is 12.6. The van der Waals surface area contributed by atoms with Crippen molar-refractivity contribution in [3.8, 4) is 0 Å². The van der Waals surface area contributed by atoms with Gasteiger partial charge in [0.2, 0.25) is 0 Å². The SMILES string of the molecule is Cc1cc(C)c(C(C)NC(=O)c2cc(Br)cc3c2ccn3C(C)C)c(=O)[nH]1. The lowest BCUT2D eigenvalue weighted by atomic mass is 10.0. The first kappa shape index (κ1) is 19.4. The Balaban J connectivity index is 1.99. The highest BCUT2D eigenvalue weighted by Gasteiger charge is 2.20. The van der Waals surface area contributed by atoms with Crippen LogP contribution in [0.4, 0.5) is 0 Å². The maximum absolute atomic E-state index is 13.0. The summed E-state index contributed by atoms with van der Waals surface area (Å²) in [4.78, 5) is 28.2. The predicted molar refractivity (Wildman–Crippen MR) is 112 cm³/mol. The topological polar surface area (TPSA) is 66.9 Å². The van der Waals surface area contributed by atoms with Gasteiger partial charge in [-0.1, -0.05) is 15.9 Å². The van der Waals surface area contributed by atoms with Crippen LogP contribution in [0.15, 0.2) is 39.7 Å². The average molecular weight is 430 g/mol. The van der Waals surface area contributed by atoms with Crippen molar-refractivity contribution >= 4 is 32.7 Å². The Morgan fingerprint density at radius 2 is 1.89 bits per heavy atom. The van der Waals surface area contributed by atoms with Gasteiger partial charge >= 0.3 is 0 Å². The average Bonchev–Trinajstić information content (AvgIpc) is 2.96. The van der Waals surface area contributed by atoms with Gasteiger partial charge in [0, 0.05) is 38.9 Å². The zero-order valence-corrected chi connectivity index (χ0v) is 17.8. The monoisotopic (exact) mass is 429 g/mol. The number of benzene rings is 1. The largest absolute Gasteiger partial charge is 0.345 e. The molecule has 1 aromatic carbocycles. The first-order valence-electron chi connectivity index (χ1n) is 9.00. The lowest BCUT2D eigenvalue weighted by Gasteiger charge is -2.17. The molecule has 0 radical (unpaired) electrons. The number of hydrogen-bond donors (Lipinski definition) is 2. The second-order valence-corrected chi connectivity index (χ2v) is 8.19. The maximum Gasteiger partial charge on any atom is 0.253 e. The number of hydrogen-bond acceptors (Lipinski definition) is 2. The van der Waals surface area contributed by atoms with E-state index in [1.165, 1.54) is 0 Å². The highest BCUT2D eigenvalue weighted by Crippen LogP contribution is 2.28. The standard InChI is InChI=1S/C21H24BrN3O2/c1-11(2)25-7-6-16-17(9-15(22)10-18(16)25)20(26)24-14(5)19-12(3)8-13(4)23-21(19)27/h6-11,14H,1-5H3,(H,23,27)(H,24,26). The summed E-state index contributed by atoms with van der Waals surface area (Å²) in [7, 11) is 0. The van der Waals surface area contributed by atoms with Crippen molar-refractivity contribution in [2.24, 2.45) is 0 Å². The van der Waals surface area contributed by atoms with Crippen LogP contribution in [0.3, 0.4) is 0 Å². The summed E-state index contributed by atoms with van der Waals surface area (Å²) in [5.74, 6) is -0.199. The molecule has 0 aliphatic carbocycles. The number of nitrogens with one attached hydrogen (secondary N) is 2. The third-order valence-electron chi connectivity index (χ3n) is 4.80. The molecule has 0 bridgehead atoms. The summed E-state index contributed by atoms with van der Waals surface area (Å²) in [6.07, 6.45) is 2.00. The molecule has 5 nitrogen and oxygen atoms in total. The minimum absolute atomic E-state index is 0.161. The second-order valence-electron chi connectivity index (χ2n) is 7.28. The molecule has 27 heavy (non-hydrogen) atoms. The van der Waals surface area contributed by atoms with E-state index in [-0.39, 0.29) is 11.5 Å². The molecule has 0 aliphatic rings. The van der Waals surface area contributed by atoms with Crippen LogP contribution < -0.4 is 10.9 Å². The molecule has 2 aromatic heterocycles. The Morgan fingerprint density at radius 1 is 1.19 bits per heavy atom. The van der Waals surface area contributed by atoms with Gasteiger partial charge in [0.1, 0.15) is 0 Å². The molecule has 0 aliphatic heterocycles. The van der Waals surface area contributed by atoms with Crippen LogP contribution in [-0.2, 0) is 0 Å². The molecule has 0 saturated heterocycles. The van der Waals surface area contributed by atoms with Crippen molar-refractivity contribution < 1.29 is 4.79 Å². The van der Waals surface area contributed by atoms with Crippen molar-refractivity contribution in [3.05, 3.63) is 67.7 Å². The molecule has 142 valence electrons. The molecule has 2 N–H and O–H groups in total. The summed E-state index contributed by atoms with van der Waals surface area (Å²) in [6.45, 7) is 9.78. The van der Waals surface area contributed by atoms with Crippen molar-refractivity contribution in [1.29, 1.82) is 0 Å². The van der Waals surface area contributed by atoms with Gasteiger partial charge < -0.3 is 14.9 Å². The third-order valence-corrected chi connectivity index (χ3v) is 5.26. The van der Waals surface area contributed by atoms with Crippen molar-refractivity contribution in [2.45, 2.75) is 46.7 Å². The van der Waals surface area contributed by atoms with E-state index in [1.54, 1.807) is 0 Å². The second kappa shape index (κ2) is 7.35. The highest BCUT2D eigenvalue weighted by molar-refractivity contribution is 9.10. The smallest absolute Gasteiger partial charge is 0.253 e. The molecule has 3 aromatic rings. The number of aromatic amines is 1. The molecule has 6 heteroatoms. The molecule has 0 saturated carbocycles. The summed E-state index contributed by atoms with van der Waals surface area (Å²) in [5.41, 5.74) is 3.69. The number of aryl methyl sites for hydroxylation is 2. The Morgan fingerprint density at radius 3 is 2.52 bits per heavy atom. The molecule has 3 rings (SSSR count). The molecule has 1 amide bonds. The number of fused-ring (bicyclic) bond motifs is 1. The fourth-order valence-corrected chi connectivity index (χ4v) is 4.06. The molecule has 2 heterocycles. The highest BCUT2D eigenvalue weighted by atomic mass is 79.9. The molecule has 0 spiro atoms. The van der Waals surface area contributed by atoms with Crippen LogP contribution in [0.1, 0.15) is 60.0 Å². The van der Waals surface area contributed by atoms with Crippen molar-refractivity contribution in [3.63, 3.8) is 0 Å². The van der Waals surface area contributed by atoms with E-state index in [0.29, 0.717) is 17.2 Å². The van der Waals surface area contributed by atoms with Gasteiger partial charge in [-0.25, -0.2) is 0 Å². The number of carbonyl (C=O) groups excluding carboxylic acids is 1. The first-order valence-corrected chi connectivity index (χ1v) is 9.79. The number of halogens is 1. The lowest BCUT2D eigenvalue weighted by Crippen LogP contribution is -2.31. The minimum atomic E-state index is -0.400. The van der Waals surface area contributed by atoms with Crippen LogP contribution >= 0.6 is 15.9 Å². The summed E-state index contributed by atoms with van der Waals surface area (Å²) in [5, 5.41) is 3.88. The Bertz CT molecular complexity index is 1080. The zero-order chi connectivity index (χ0) is 19.9. The molecule has 1 atom stereocenters. The Labute approximate surface area is 166 Å². The van der Waals surface area contributed by atoms with Gasteiger partial charge in [0.05, 0.1) is 11.6 Å². The van der Waals surface area contributed by atoms with Crippen LogP contribution in [0.25, 0.3) is 10.9 Å². The van der Waals surface area contributed by atoms with E-state index in [9.17, 15) is 9.59 Å². The Kier molecular flexibility index (Phi) is 5.29. The number of rotatable bonds is 4. The number of carbonyl (C=O) groups is 1. The quantitative estimate of drug-likeness (QED) is 0.626. The number of H-pyrrole nitrogens is 1. The summed E-state index contributed by atoms with van der Waals surface area (Å²) in [6, 6.07) is 7.61. The van der Waals surface area contributed by atoms with Crippen molar-refractivity contribution in [1.82, 2.24) is 14.9 Å². The summed E-state index contributed by atoms with van der Waals surface area (Å²) < 4.78 is 2.98. The van der Waals surface area contributed by atoms with Gasteiger partial charge in [0.25, 0.3) is 11.5 Å². The molecule has 1 unspecified atom stereocenters. The number of pyridine rings is 1. The molecular weight excluding hydrogens is 406 g/mol. The number of nitrogens with zero attached hydrogens (tertiary/aromatic N) is 1. The Hall–Kier alpha value is -2.34. The van der Waals surface area contributed by atoms with Gasteiger partial charge in [-0.05, 0) is 64.4 Å². The van der Waals surface area contributed by atoms with E-state index in [1.807, 2.05) is 51.2 Å². The van der Waals surface area contributed by atoms with Gasteiger partial charge in [0.15, 0.2) is 0 Å². The van der Waals surface area contributed by atoms with Crippen LogP contribution in [0, 0.1) is 13.8 Å². The first-order chi connectivity index (χ1) is 12.7. The van der Waals surface area contributed by atoms with E-state index >= 15 is 0 Å². The predicted octanol–water partition coefficient (Wildman–Crippen LogP) is 4.78. The van der Waals surface area contributed by atoms with Crippen molar-refractivity contribution in [2.75, 3.05) is 0 Å². The lowest BCUT2D eigenvalue weighted by molar-refractivity contribution is 0.0941. The van der Waals surface area contributed by atoms with Gasteiger partial charge in [-0.15, -0.1) is 0 Å². The molecule has 0 fully saturated rings. The number of aromatic nitrogens is 2. The third kappa shape index (κ3) is 3.72. The fourth-order valence-electron chi connectivity index (χ4n) is 3.61. The fraction of sp³-hybridized carbons (Fsp3) is 0.333. The maximum atomic E-state index is 13.0. The molecular formula is C21H24BrN3O2. The van der Waals surface area contributed by atoms with E-state index in [0.717, 1.165) is 26.6 Å². The van der Waals surface area contributed by atoms with Crippen LogP contribution in [-0.4, -0.2) is 15.5 Å². The minimum Gasteiger partial charge on any atom is -0.345 e. The summed E-state index contributed by atoms with van der Waals surface area (Å²) >= 11 is 3.51. The van der Waals surface area contributed by atoms with Gasteiger partial charge in [-0.2, -0.15) is 0 Å². The van der Waals surface area contributed by atoms with E-state index in [2.05, 4.69) is 44.6 Å². The van der Waals surface area contributed by atoms with Crippen LogP contribution in [0.2, 0.25) is 0 Å².